The molecule has 1 amide bonds. The zero-order valence-corrected chi connectivity index (χ0v) is 11.7. The molecule has 0 heterocycles. The highest BCUT2D eigenvalue weighted by Crippen LogP contribution is 2.35. The minimum Gasteiger partial charge on any atom is -0.385 e. The molecule has 0 radical (unpaired) electrons. The van der Waals surface area contributed by atoms with Crippen LogP contribution >= 0.6 is 0 Å². The summed E-state index contributed by atoms with van der Waals surface area (Å²) in [7, 11) is 1.72. The molecule has 1 fully saturated rings. The van der Waals surface area contributed by atoms with Crippen LogP contribution in [0.5, 0.6) is 0 Å². The predicted octanol–water partition coefficient (Wildman–Crippen LogP) is 1.83. The Labute approximate surface area is 111 Å². The van der Waals surface area contributed by atoms with Crippen LogP contribution < -0.4 is 11.1 Å². The van der Waals surface area contributed by atoms with E-state index in [4.69, 9.17) is 10.5 Å². The molecule has 1 saturated carbocycles. The zero-order valence-electron chi connectivity index (χ0n) is 11.7. The molecule has 0 saturated heterocycles. The molecule has 3 N–H and O–H groups in total. The van der Waals surface area contributed by atoms with Crippen molar-refractivity contribution in [3.8, 4) is 0 Å². The fourth-order valence-corrected chi connectivity index (χ4v) is 2.69. The molecule has 0 atom stereocenters. The summed E-state index contributed by atoms with van der Waals surface area (Å²) in [6.07, 6.45) is 8.62. The van der Waals surface area contributed by atoms with Crippen LogP contribution in [0.2, 0.25) is 0 Å². The van der Waals surface area contributed by atoms with E-state index in [1.54, 1.807) is 7.11 Å². The molecule has 0 aromatic rings. The second kappa shape index (κ2) is 8.48. The molecule has 0 unspecified atom stereocenters. The number of nitrogens with two attached hydrogens (primary N) is 1. The molecule has 0 aromatic heterocycles. The van der Waals surface area contributed by atoms with Gasteiger partial charge in [0.2, 0.25) is 5.91 Å². The average Bonchev–Trinajstić information content (AvgIpc) is 2.43. The lowest BCUT2D eigenvalue weighted by Gasteiger charge is -2.34. The van der Waals surface area contributed by atoms with Crippen LogP contribution in [0, 0.1) is 5.41 Å². The van der Waals surface area contributed by atoms with Gasteiger partial charge in [0.15, 0.2) is 0 Å². The van der Waals surface area contributed by atoms with E-state index in [2.05, 4.69) is 5.32 Å². The number of unbranched alkanes of at least 4 members (excludes halogenated alkanes) is 2. The summed E-state index contributed by atoms with van der Waals surface area (Å²) in [4.78, 5) is 12.2. The molecular formula is C14H28N2O2. The third-order valence-corrected chi connectivity index (χ3v) is 3.99. The third-order valence-electron chi connectivity index (χ3n) is 3.99. The minimum absolute atomic E-state index is 0.177. The lowest BCUT2D eigenvalue weighted by molar-refractivity contribution is -0.132. The Balaban J connectivity index is 2.21. The zero-order chi connectivity index (χ0) is 13.3. The number of hydrogen-bond acceptors (Lipinski definition) is 3. The van der Waals surface area contributed by atoms with E-state index >= 15 is 0 Å². The monoisotopic (exact) mass is 256 g/mol. The van der Waals surface area contributed by atoms with E-state index in [0.29, 0.717) is 6.54 Å². The Hall–Kier alpha value is -0.610. The van der Waals surface area contributed by atoms with Crippen molar-refractivity contribution in [1.29, 1.82) is 0 Å². The van der Waals surface area contributed by atoms with Crippen molar-refractivity contribution in [2.45, 2.75) is 51.4 Å². The van der Waals surface area contributed by atoms with Crippen LogP contribution in [-0.2, 0) is 9.53 Å². The highest BCUT2D eigenvalue weighted by molar-refractivity contribution is 5.82. The molecule has 1 aliphatic carbocycles. The van der Waals surface area contributed by atoms with Gasteiger partial charge in [0, 0.05) is 26.8 Å². The maximum Gasteiger partial charge on any atom is 0.227 e. The number of ether oxygens (including phenoxy) is 1. The van der Waals surface area contributed by atoms with Crippen LogP contribution in [0.4, 0.5) is 0 Å². The van der Waals surface area contributed by atoms with Gasteiger partial charge in [-0.15, -0.1) is 0 Å². The summed E-state index contributed by atoms with van der Waals surface area (Å²) in [5.41, 5.74) is 5.56. The van der Waals surface area contributed by atoms with Gasteiger partial charge in [0.05, 0.1) is 5.41 Å². The summed E-state index contributed by atoms with van der Waals surface area (Å²) in [6.45, 7) is 2.06. The van der Waals surface area contributed by atoms with E-state index in [-0.39, 0.29) is 11.3 Å². The molecule has 1 rings (SSSR count). The first-order valence-corrected chi connectivity index (χ1v) is 7.22. The first-order chi connectivity index (χ1) is 8.75. The normalized spacial score (nSPS) is 18.6. The molecular weight excluding hydrogens is 228 g/mol. The first kappa shape index (κ1) is 15.4. The number of amides is 1. The molecule has 4 heteroatoms. The quantitative estimate of drug-likeness (QED) is 0.651. The highest BCUT2D eigenvalue weighted by atomic mass is 16.5. The molecule has 18 heavy (non-hydrogen) atoms. The largest absolute Gasteiger partial charge is 0.385 e. The van der Waals surface area contributed by atoms with Gasteiger partial charge in [0.1, 0.15) is 0 Å². The second-order valence-corrected chi connectivity index (χ2v) is 5.35. The third kappa shape index (κ3) is 4.58. The van der Waals surface area contributed by atoms with E-state index in [0.717, 1.165) is 58.1 Å². The van der Waals surface area contributed by atoms with Gasteiger partial charge < -0.3 is 15.8 Å². The van der Waals surface area contributed by atoms with Crippen LogP contribution in [0.3, 0.4) is 0 Å². The number of hydrogen-bond donors (Lipinski definition) is 2. The maximum absolute atomic E-state index is 12.2. The standard InChI is InChI=1S/C14H28N2O2/c1-18-11-7-3-6-10-16-13(17)14(12-15)8-4-2-5-9-14/h2-12,15H2,1H3,(H,16,17). The first-order valence-electron chi connectivity index (χ1n) is 7.22. The van der Waals surface area contributed by atoms with Crippen LogP contribution in [-0.4, -0.2) is 32.7 Å². The van der Waals surface area contributed by atoms with Gasteiger partial charge in [-0.1, -0.05) is 19.3 Å². The molecule has 0 aliphatic heterocycles. The Morgan fingerprint density at radius 2 is 1.94 bits per heavy atom. The number of rotatable bonds is 8. The molecule has 0 spiro atoms. The van der Waals surface area contributed by atoms with Crippen molar-refractivity contribution in [2.24, 2.45) is 11.1 Å². The van der Waals surface area contributed by atoms with Gasteiger partial charge in [-0.3, -0.25) is 4.79 Å². The fourth-order valence-electron chi connectivity index (χ4n) is 2.69. The summed E-state index contributed by atoms with van der Waals surface area (Å²) in [5, 5.41) is 3.06. The number of carbonyl (C=O) groups excluding carboxylic acids is 1. The van der Waals surface area contributed by atoms with E-state index < -0.39 is 0 Å². The Bertz CT molecular complexity index is 238. The van der Waals surface area contributed by atoms with E-state index in [9.17, 15) is 4.79 Å². The Kier molecular flexibility index (Phi) is 7.28. The van der Waals surface area contributed by atoms with E-state index in [1.807, 2.05) is 0 Å². The number of methoxy groups -OCH3 is 1. The number of nitrogens with one attached hydrogen (secondary N) is 1. The SMILES string of the molecule is COCCCCCNC(=O)C1(CN)CCCCC1. The topological polar surface area (TPSA) is 64.3 Å². The van der Waals surface area contributed by atoms with Crippen molar-refractivity contribution in [1.82, 2.24) is 5.32 Å². The minimum atomic E-state index is -0.273. The average molecular weight is 256 g/mol. The Morgan fingerprint density at radius 3 is 2.56 bits per heavy atom. The molecule has 106 valence electrons. The second-order valence-electron chi connectivity index (χ2n) is 5.35. The van der Waals surface area contributed by atoms with Crippen LogP contribution in [0.15, 0.2) is 0 Å². The summed E-state index contributed by atoms with van der Waals surface area (Å²) >= 11 is 0. The summed E-state index contributed by atoms with van der Waals surface area (Å²) < 4.78 is 4.99. The van der Waals surface area contributed by atoms with Crippen molar-refractivity contribution in [3.63, 3.8) is 0 Å². The summed E-state index contributed by atoms with van der Waals surface area (Å²) in [5.74, 6) is 0.177. The van der Waals surface area contributed by atoms with Gasteiger partial charge >= 0.3 is 0 Å². The van der Waals surface area contributed by atoms with Gasteiger partial charge in [0.25, 0.3) is 0 Å². The maximum atomic E-state index is 12.2. The molecule has 1 aliphatic rings. The molecule has 0 aromatic carbocycles. The lowest BCUT2D eigenvalue weighted by Crippen LogP contribution is -2.47. The molecule has 0 bridgehead atoms. The molecule has 4 nitrogen and oxygen atoms in total. The van der Waals surface area contributed by atoms with Crippen LogP contribution in [0.1, 0.15) is 51.4 Å². The van der Waals surface area contributed by atoms with E-state index in [1.165, 1.54) is 6.42 Å². The van der Waals surface area contributed by atoms with Crippen molar-refractivity contribution >= 4 is 5.91 Å². The smallest absolute Gasteiger partial charge is 0.227 e. The fraction of sp³-hybridized carbons (Fsp3) is 0.929. The van der Waals surface area contributed by atoms with Crippen molar-refractivity contribution < 1.29 is 9.53 Å². The van der Waals surface area contributed by atoms with Gasteiger partial charge in [-0.25, -0.2) is 0 Å². The van der Waals surface area contributed by atoms with Crippen molar-refractivity contribution in [3.05, 3.63) is 0 Å². The van der Waals surface area contributed by atoms with Gasteiger partial charge in [-0.05, 0) is 32.1 Å². The lowest BCUT2D eigenvalue weighted by atomic mass is 9.73. The van der Waals surface area contributed by atoms with Gasteiger partial charge in [-0.2, -0.15) is 0 Å². The van der Waals surface area contributed by atoms with Crippen LogP contribution in [0.25, 0.3) is 0 Å². The predicted molar refractivity (Wildman–Crippen MR) is 73.3 cm³/mol. The van der Waals surface area contributed by atoms with Crippen molar-refractivity contribution in [2.75, 3.05) is 26.8 Å². The summed E-state index contributed by atoms with van der Waals surface area (Å²) in [6, 6.07) is 0. The number of carbonyl (C=O) groups is 1. The Morgan fingerprint density at radius 1 is 1.22 bits per heavy atom. The highest BCUT2D eigenvalue weighted by Gasteiger charge is 2.37.